The fraction of sp³-hybridized carbons (Fsp3) is 0.600. The fourth-order valence-corrected chi connectivity index (χ4v) is 1.05. The number of hydrogen-bond acceptors (Lipinski definition) is 6. The molecule has 0 saturated heterocycles. The number of amides is 1. The maximum Gasteiger partial charge on any atom is 0.223 e. The fourth-order valence-electron chi connectivity index (χ4n) is 0.632. The van der Waals surface area contributed by atoms with Crippen molar-refractivity contribution in [1.82, 2.24) is 5.09 Å². The molecule has 1 amide bonds. The lowest BCUT2D eigenvalue weighted by atomic mass is 10.2. The molecule has 0 saturated carbocycles. The standard InChI is InChI=1S/C5H11N2O6P/c6-3(5(9)10)1-2-4(8)7-14(11,12)13/h3H,1-2,6H2,(H,9,10)(H3,7,8,11,12,13)/p-2/t3-/m0/s1. The Morgan fingerprint density at radius 1 is 1.43 bits per heavy atom. The van der Waals surface area contributed by atoms with Crippen molar-refractivity contribution in [3.05, 3.63) is 0 Å². The molecule has 0 aliphatic carbocycles. The molecule has 0 aromatic rings. The molecule has 0 rings (SSSR count). The Balaban J connectivity index is 3.87. The van der Waals surface area contributed by atoms with Crippen LogP contribution < -0.4 is 25.7 Å². The molecule has 0 aliphatic rings. The highest BCUT2D eigenvalue weighted by molar-refractivity contribution is 7.47. The molecule has 4 N–H and O–H groups in total. The van der Waals surface area contributed by atoms with Gasteiger partial charge < -0.3 is 35.1 Å². The van der Waals surface area contributed by atoms with Crippen LogP contribution in [0, 0.1) is 0 Å². The molecule has 9 heteroatoms. The van der Waals surface area contributed by atoms with Crippen molar-refractivity contribution in [2.24, 2.45) is 0 Å². The van der Waals surface area contributed by atoms with Crippen LogP contribution in [-0.4, -0.2) is 17.9 Å². The highest BCUT2D eigenvalue weighted by atomic mass is 31.2. The summed E-state index contributed by atoms with van der Waals surface area (Å²) in [5.41, 5.74) is 3.14. The van der Waals surface area contributed by atoms with Crippen LogP contribution in [0.15, 0.2) is 0 Å². The summed E-state index contributed by atoms with van der Waals surface area (Å²) >= 11 is 0. The summed E-state index contributed by atoms with van der Waals surface area (Å²) in [6.45, 7) is 0. The van der Waals surface area contributed by atoms with Crippen molar-refractivity contribution in [1.29, 1.82) is 0 Å². The van der Waals surface area contributed by atoms with Gasteiger partial charge in [-0.3, -0.25) is 4.79 Å². The van der Waals surface area contributed by atoms with Crippen LogP contribution in [0.25, 0.3) is 0 Å². The van der Waals surface area contributed by atoms with Gasteiger partial charge in [-0.2, -0.15) is 0 Å². The summed E-state index contributed by atoms with van der Waals surface area (Å²) in [4.78, 5) is 40.8. The number of carboxylic acid groups (broad SMARTS) is 1. The minimum Gasteiger partial charge on any atom is -0.795 e. The maximum atomic E-state index is 10.7. The lowest BCUT2D eigenvalue weighted by Gasteiger charge is -2.29. The van der Waals surface area contributed by atoms with E-state index in [9.17, 15) is 29.0 Å². The Kier molecular flexibility index (Phi) is 4.72. The second-order valence-corrected chi connectivity index (χ2v) is 3.81. The van der Waals surface area contributed by atoms with Gasteiger partial charge >= 0.3 is 0 Å². The molecular weight excluding hydrogens is 215 g/mol. The zero-order chi connectivity index (χ0) is 11.4. The molecule has 0 unspecified atom stereocenters. The normalized spacial score (nSPS) is 13.4. The predicted molar refractivity (Wildman–Crippen MR) is 36.7 cm³/mol. The Bertz CT molecular complexity index is 273. The number of rotatable bonds is 5. The minimum absolute atomic E-state index is 0.186. The van der Waals surface area contributed by atoms with E-state index in [4.69, 9.17) is 0 Å². The van der Waals surface area contributed by atoms with Gasteiger partial charge in [-0.1, -0.05) is 0 Å². The molecule has 82 valence electrons. The first kappa shape index (κ1) is 13.1. The minimum atomic E-state index is -5.09. The highest BCUT2D eigenvalue weighted by Crippen LogP contribution is 2.15. The third-order valence-corrected chi connectivity index (χ3v) is 1.84. The second-order valence-electron chi connectivity index (χ2n) is 2.59. The van der Waals surface area contributed by atoms with Gasteiger partial charge in [0.15, 0.2) is 0 Å². The van der Waals surface area contributed by atoms with E-state index in [0.717, 1.165) is 0 Å². The number of carbonyl (C=O) groups excluding carboxylic acids is 2. The van der Waals surface area contributed by atoms with Crippen molar-refractivity contribution in [3.8, 4) is 0 Å². The average molecular weight is 224 g/mol. The van der Waals surface area contributed by atoms with E-state index < -0.39 is 32.1 Å². The van der Waals surface area contributed by atoms with Gasteiger partial charge in [0.05, 0.1) is 5.97 Å². The van der Waals surface area contributed by atoms with Crippen molar-refractivity contribution in [2.75, 3.05) is 0 Å². The molecule has 1 atom stereocenters. The van der Waals surface area contributed by atoms with E-state index in [2.05, 4.69) is 5.73 Å². The molecule has 0 fully saturated rings. The Hall–Kier alpha value is -0.950. The monoisotopic (exact) mass is 224 g/mol. The summed E-state index contributed by atoms with van der Waals surface area (Å²) < 4.78 is 10.0. The Morgan fingerprint density at radius 2 is 1.93 bits per heavy atom. The molecule has 0 aliphatic heterocycles. The van der Waals surface area contributed by atoms with Gasteiger partial charge in [0, 0.05) is 20.6 Å². The smallest absolute Gasteiger partial charge is 0.223 e. The van der Waals surface area contributed by atoms with Crippen molar-refractivity contribution >= 4 is 19.6 Å². The van der Waals surface area contributed by atoms with Crippen LogP contribution in [0.4, 0.5) is 0 Å². The largest absolute Gasteiger partial charge is 0.795 e. The van der Waals surface area contributed by atoms with Gasteiger partial charge in [0.25, 0.3) is 0 Å². The molecule has 0 heterocycles. The van der Waals surface area contributed by atoms with Crippen LogP contribution in [0.5, 0.6) is 0 Å². The van der Waals surface area contributed by atoms with E-state index in [0.29, 0.717) is 0 Å². The molecule has 0 bridgehead atoms. The topological polar surface area (TPSA) is 160 Å². The van der Waals surface area contributed by atoms with Gasteiger partial charge in [-0.05, 0) is 0 Å². The zero-order valence-corrected chi connectivity index (χ0v) is 7.99. The van der Waals surface area contributed by atoms with Crippen LogP contribution in [-0.2, 0) is 14.2 Å². The first-order valence-corrected chi connectivity index (χ1v) is 5.14. The van der Waals surface area contributed by atoms with Crippen LogP contribution >= 0.6 is 7.75 Å². The van der Waals surface area contributed by atoms with E-state index in [1.54, 1.807) is 0 Å². The second kappa shape index (κ2) is 5.06. The molecule has 0 aromatic heterocycles. The number of aliphatic carboxylic acids is 1. The van der Waals surface area contributed by atoms with Gasteiger partial charge in [-0.25, -0.2) is 0 Å². The predicted octanol–water partition coefficient (Wildman–Crippen LogP) is -4.93. The van der Waals surface area contributed by atoms with Crippen LogP contribution in [0.3, 0.4) is 0 Å². The Morgan fingerprint density at radius 3 is 2.29 bits per heavy atom. The summed E-state index contributed by atoms with van der Waals surface area (Å²) in [5, 5.41) is 11.3. The Labute approximate surface area is 79.3 Å². The van der Waals surface area contributed by atoms with E-state index in [1.807, 2.05) is 0 Å². The number of hydrogen-bond donors (Lipinski definition) is 2. The highest BCUT2D eigenvalue weighted by Gasteiger charge is 2.10. The summed E-state index contributed by atoms with van der Waals surface area (Å²) in [5.74, 6) is -2.49. The lowest BCUT2D eigenvalue weighted by molar-refractivity contribution is -0.438. The SMILES string of the molecule is [NH3+][C@@H](CCC(=O)NP(=O)([O-])[O-])C(=O)[O-]. The maximum absolute atomic E-state index is 10.7. The van der Waals surface area contributed by atoms with Gasteiger partial charge in [0.2, 0.25) is 5.91 Å². The number of nitrogens with one attached hydrogen (secondary N) is 1. The molecule has 0 spiro atoms. The number of carbonyl (C=O) groups is 2. The van der Waals surface area contributed by atoms with Gasteiger partial charge in [0.1, 0.15) is 6.04 Å². The zero-order valence-electron chi connectivity index (χ0n) is 7.10. The lowest BCUT2D eigenvalue weighted by Crippen LogP contribution is -2.68. The third-order valence-electron chi connectivity index (χ3n) is 1.31. The molecule has 8 nitrogen and oxygen atoms in total. The van der Waals surface area contributed by atoms with Crippen LogP contribution in [0.2, 0.25) is 0 Å². The third kappa shape index (κ3) is 6.55. The first-order valence-electron chi connectivity index (χ1n) is 3.59. The molecule has 14 heavy (non-hydrogen) atoms. The van der Waals surface area contributed by atoms with Crippen molar-refractivity contribution in [2.45, 2.75) is 18.9 Å². The molecular formula is C5H9N2O6P-2. The summed E-state index contributed by atoms with van der Waals surface area (Å²) in [7, 11) is -5.09. The molecule has 0 aromatic carbocycles. The summed E-state index contributed by atoms with van der Waals surface area (Å²) in [6.07, 6.45) is -0.592. The van der Waals surface area contributed by atoms with Crippen LogP contribution in [0.1, 0.15) is 12.8 Å². The average Bonchev–Trinajstić information content (AvgIpc) is 1.96. The van der Waals surface area contributed by atoms with E-state index >= 15 is 0 Å². The van der Waals surface area contributed by atoms with Crippen molar-refractivity contribution in [3.63, 3.8) is 0 Å². The molecule has 0 radical (unpaired) electrons. The summed E-state index contributed by atoms with van der Waals surface area (Å²) in [6, 6.07) is -1.11. The van der Waals surface area contributed by atoms with E-state index in [-0.39, 0.29) is 6.42 Å². The van der Waals surface area contributed by atoms with Crippen molar-refractivity contribution < 1.29 is 34.8 Å². The first-order chi connectivity index (χ1) is 6.22. The number of quaternary nitrogens is 1. The van der Waals surface area contributed by atoms with E-state index in [1.165, 1.54) is 5.09 Å². The quantitative estimate of drug-likeness (QED) is 0.444. The van der Waals surface area contributed by atoms with Gasteiger partial charge in [-0.15, -0.1) is 0 Å². The number of carboxylic acids is 1.